The second-order valence-corrected chi connectivity index (χ2v) is 9.71. The molecule has 1 aromatic heterocycles. The van der Waals surface area contributed by atoms with Crippen LogP contribution in [0, 0.1) is 12.8 Å². The van der Waals surface area contributed by atoms with Crippen LogP contribution in [0.5, 0.6) is 5.75 Å². The third-order valence-electron chi connectivity index (χ3n) is 5.88. The van der Waals surface area contributed by atoms with E-state index in [-0.39, 0.29) is 12.0 Å². The average molecular weight is 484 g/mol. The van der Waals surface area contributed by atoms with E-state index < -0.39 is 5.60 Å². The molecule has 0 unspecified atom stereocenters. The summed E-state index contributed by atoms with van der Waals surface area (Å²) in [5.74, 6) is 0.927. The molecule has 0 fully saturated rings. The predicted octanol–water partition coefficient (Wildman–Crippen LogP) is 5.45. The van der Waals surface area contributed by atoms with Crippen molar-refractivity contribution in [1.29, 1.82) is 0 Å². The van der Waals surface area contributed by atoms with Gasteiger partial charge in [0.15, 0.2) is 0 Å². The number of aryl methyl sites for hydroxylation is 1. The lowest BCUT2D eigenvalue weighted by Crippen LogP contribution is -2.22. The van der Waals surface area contributed by atoms with Crippen molar-refractivity contribution in [3.05, 3.63) is 76.2 Å². The molecule has 4 aromatic rings. The van der Waals surface area contributed by atoms with Gasteiger partial charge in [0.05, 0.1) is 17.6 Å². The smallest absolute Gasteiger partial charge is 0.259 e. The van der Waals surface area contributed by atoms with E-state index in [2.05, 4.69) is 18.9 Å². The first-order chi connectivity index (χ1) is 17.2. The summed E-state index contributed by atoms with van der Waals surface area (Å²) < 4.78 is 7.40. The summed E-state index contributed by atoms with van der Waals surface area (Å²) in [5.41, 5.74) is 3.31. The van der Waals surface area contributed by atoms with E-state index in [9.17, 15) is 9.59 Å². The molecule has 5 heteroatoms. The maximum Gasteiger partial charge on any atom is 0.259 e. The Labute approximate surface area is 212 Å². The van der Waals surface area contributed by atoms with Crippen molar-refractivity contribution < 1.29 is 14.6 Å². The minimum absolute atomic E-state index is 0.0707. The maximum atomic E-state index is 13.3. The number of aromatic nitrogens is 1. The van der Waals surface area contributed by atoms with Crippen LogP contribution in [0.2, 0.25) is 0 Å². The number of hydrogen-bond acceptors (Lipinski definition) is 4. The van der Waals surface area contributed by atoms with Crippen LogP contribution >= 0.6 is 0 Å². The first kappa shape index (κ1) is 26.7. The first-order valence-corrected chi connectivity index (χ1v) is 12.0. The number of aldehydes is 1. The lowest BCUT2D eigenvalue weighted by molar-refractivity contribution is -0.107. The van der Waals surface area contributed by atoms with Crippen LogP contribution in [0.4, 0.5) is 0 Å². The average Bonchev–Trinajstić information content (AvgIpc) is 2.87. The summed E-state index contributed by atoms with van der Waals surface area (Å²) in [6.07, 6.45) is 11.0. The highest BCUT2D eigenvalue weighted by molar-refractivity contribution is 6.12. The van der Waals surface area contributed by atoms with Gasteiger partial charge in [-0.05, 0) is 73.0 Å². The van der Waals surface area contributed by atoms with Gasteiger partial charge in [-0.3, -0.25) is 4.79 Å². The summed E-state index contributed by atoms with van der Waals surface area (Å²) in [5, 5.41) is 12.1. The standard InChI is InChI=1S/C25H21NO3.C4H10O.C2H2/c1-26-21(12-13-27)23(18-9-11-22-17(15-18)6-4-14-29-22)20-10-8-16-5-2-3-7-19(16)24(20)25(26)28;1-4(2,3)5;1-2/h2-3,5,7-11,13,15H,4,6,12,14H2,1H3;5H,1-3H3;1-2H. The fraction of sp³-hybridized carbons (Fsp3) is 0.290. The predicted molar refractivity (Wildman–Crippen MR) is 148 cm³/mol. The number of hydrogen-bond donors (Lipinski definition) is 1. The summed E-state index contributed by atoms with van der Waals surface area (Å²) in [6.45, 7) is 5.98. The van der Waals surface area contributed by atoms with Crippen molar-refractivity contribution in [2.75, 3.05) is 6.61 Å². The molecular formula is C31H33NO4. The molecular weight excluding hydrogens is 450 g/mol. The largest absolute Gasteiger partial charge is 0.493 e. The Morgan fingerprint density at radius 2 is 1.75 bits per heavy atom. The Balaban J connectivity index is 0.000000463. The van der Waals surface area contributed by atoms with Gasteiger partial charge in [0.25, 0.3) is 5.56 Å². The molecule has 0 aliphatic carbocycles. The first-order valence-electron chi connectivity index (χ1n) is 12.0. The van der Waals surface area contributed by atoms with Crippen molar-refractivity contribution in [2.24, 2.45) is 7.05 Å². The van der Waals surface area contributed by atoms with Crippen LogP contribution in [0.3, 0.4) is 0 Å². The fourth-order valence-corrected chi connectivity index (χ4v) is 4.48. The normalized spacial score (nSPS) is 12.4. The molecule has 1 aliphatic rings. The molecule has 0 saturated carbocycles. The second-order valence-electron chi connectivity index (χ2n) is 9.71. The van der Waals surface area contributed by atoms with E-state index in [4.69, 9.17) is 9.84 Å². The Bertz CT molecular complexity index is 1470. The number of nitrogens with zero attached hydrogens (tertiary/aromatic N) is 1. The monoisotopic (exact) mass is 483 g/mol. The van der Waals surface area contributed by atoms with Crippen LogP contribution in [0.15, 0.2) is 59.4 Å². The van der Waals surface area contributed by atoms with Gasteiger partial charge < -0.3 is 19.2 Å². The zero-order valence-corrected chi connectivity index (χ0v) is 21.4. The molecule has 0 saturated heterocycles. The molecule has 2 heterocycles. The maximum absolute atomic E-state index is 13.3. The van der Waals surface area contributed by atoms with Gasteiger partial charge in [-0.25, -0.2) is 0 Å². The molecule has 5 rings (SSSR count). The summed E-state index contributed by atoms with van der Waals surface area (Å²) in [7, 11) is 1.76. The van der Waals surface area contributed by atoms with Gasteiger partial charge in [-0.2, -0.15) is 0 Å². The van der Waals surface area contributed by atoms with Crippen molar-refractivity contribution in [2.45, 2.75) is 45.6 Å². The minimum Gasteiger partial charge on any atom is -0.493 e. The Hall–Kier alpha value is -3.88. The van der Waals surface area contributed by atoms with Crippen molar-refractivity contribution >= 4 is 27.8 Å². The van der Waals surface area contributed by atoms with Gasteiger partial charge in [-0.15, -0.1) is 12.8 Å². The number of carbonyl (C=O) groups excluding carboxylic acids is 1. The van der Waals surface area contributed by atoms with E-state index in [1.807, 2.05) is 48.5 Å². The highest BCUT2D eigenvalue weighted by Crippen LogP contribution is 2.37. The zero-order valence-electron chi connectivity index (χ0n) is 21.4. The van der Waals surface area contributed by atoms with Crippen LogP contribution in [0.1, 0.15) is 38.4 Å². The SMILES string of the molecule is C#C.CC(C)(C)O.Cn1c(CC=O)c(-c2ccc3c(c2)CCCO3)c2ccc3ccccc3c2c1=O. The lowest BCUT2D eigenvalue weighted by Gasteiger charge is -2.21. The number of fused-ring (bicyclic) bond motifs is 4. The van der Waals surface area contributed by atoms with Gasteiger partial charge in [0.1, 0.15) is 12.0 Å². The second kappa shape index (κ2) is 11.2. The van der Waals surface area contributed by atoms with Gasteiger partial charge in [0.2, 0.25) is 0 Å². The van der Waals surface area contributed by atoms with Gasteiger partial charge in [0, 0.05) is 24.7 Å². The summed E-state index contributed by atoms with van der Waals surface area (Å²) in [4.78, 5) is 24.7. The number of carbonyl (C=O) groups is 1. The molecule has 0 atom stereocenters. The fourth-order valence-electron chi connectivity index (χ4n) is 4.48. The van der Waals surface area contributed by atoms with E-state index in [0.717, 1.165) is 64.5 Å². The molecule has 1 aliphatic heterocycles. The van der Waals surface area contributed by atoms with Crippen LogP contribution in [-0.4, -0.2) is 28.2 Å². The lowest BCUT2D eigenvalue weighted by atomic mass is 9.91. The number of terminal acetylenes is 1. The topological polar surface area (TPSA) is 68.5 Å². The van der Waals surface area contributed by atoms with E-state index >= 15 is 0 Å². The summed E-state index contributed by atoms with van der Waals surface area (Å²) >= 11 is 0. The molecule has 3 aromatic carbocycles. The molecule has 36 heavy (non-hydrogen) atoms. The van der Waals surface area contributed by atoms with Crippen LogP contribution in [-0.2, 0) is 24.7 Å². The number of rotatable bonds is 3. The summed E-state index contributed by atoms with van der Waals surface area (Å²) in [6, 6.07) is 18.2. The zero-order chi connectivity index (χ0) is 26.5. The van der Waals surface area contributed by atoms with Gasteiger partial charge >= 0.3 is 0 Å². The number of pyridine rings is 1. The third kappa shape index (κ3) is 5.67. The third-order valence-corrected chi connectivity index (χ3v) is 5.88. The minimum atomic E-state index is -0.500. The number of benzene rings is 3. The number of ether oxygens (including phenoxy) is 1. The van der Waals surface area contributed by atoms with E-state index in [0.29, 0.717) is 5.39 Å². The quantitative estimate of drug-likeness (QED) is 0.239. The Morgan fingerprint density at radius 1 is 1.06 bits per heavy atom. The highest BCUT2D eigenvalue weighted by Gasteiger charge is 2.20. The van der Waals surface area contributed by atoms with E-state index in [1.165, 1.54) is 5.56 Å². The molecule has 1 N–H and O–H groups in total. The van der Waals surface area contributed by atoms with Crippen molar-refractivity contribution in [3.63, 3.8) is 0 Å². The van der Waals surface area contributed by atoms with Gasteiger partial charge in [-0.1, -0.05) is 42.5 Å². The van der Waals surface area contributed by atoms with Crippen molar-refractivity contribution in [1.82, 2.24) is 4.57 Å². The Morgan fingerprint density at radius 3 is 2.44 bits per heavy atom. The molecule has 0 radical (unpaired) electrons. The van der Waals surface area contributed by atoms with Crippen LogP contribution in [0.25, 0.3) is 32.7 Å². The molecule has 186 valence electrons. The molecule has 0 bridgehead atoms. The Kier molecular flexibility index (Phi) is 8.34. The van der Waals surface area contributed by atoms with Crippen molar-refractivity contribution in [3.8, 4) is 29.7 Å². The number of aliphatic hydroxyl groups is 1. The van der Waals surface area contributed by atoms with Crippen LogP contribution < -0.4 is 10.3 Å². The molecule has 5 nitrogen and oxygen atoms in total. The molecule has 0 spiro atoms. The molecule has 0 amide bonds. The highest BCUT2D eigenvalue weighted by atomic mass is 16.5. The van der Waals surface area contributed by atoms with E-state index in [1.54, 1.807) is 32.4 Å².